The molecule has 0 aromatic heterocycles. The fourth-order valence-corrected chi connectivity index (χ4v) is 3.67. The molecule has 24 heavy (non-hydrogen) atoms. The Morgan fingerprint density at radius 1 is 1.29 bits per heavy atom. The molecule has 0 N–H and O–H groups in total. The Balaban J connectivity index is 2.28. The van der Waals surface area contributed by atoms with Crippen LogP contribution in [0.1, 0.15) is 27.7 Å². The molecule has 128 valence electrons. The number of nitrogens with zero attached hydrogens (tertiary/aromatic N) is 1. The second kappa shape index (κ2) is 7.60. The first-order valence-electron chi connectivity index (χ1n) is 7.71. The van der Waals surface area contributed by atoms with E-state index in [0.717, 1.165) is 10.8 Å². The van der Waals surface area contributed by atoms with Crippen molar-refractivity contribution in [2.75, 3.05) is 6.61 Å². The van der Waals surface area contributed by atoms with Crippen LogP contribution in [-0.4, -0.2) is 18.6 Å². The highest BCUT2D eigenvalue weighted by Gasteiger charge is 2.23. The van der Waals surface area contributed by atoms with E-state index in [0.29, 0.717) is 10.3 Å². The quantitative estimate of drug-likeness (QED) is 0.607. The molecule has 0 spiro atoms. The fraction of sp³-hybridized carbons (Fsp3) is 0.389. The molecule has 2 aromatic rings. The summed E-state index contributed by atoms with van der Waals surface area (Å²) in [6, 6.07) is 10.3. The van der Waals surface area contributed by atoms with Crippen LogP contribution in [0.15, 0.2) is 41.1 Å². The zero-order valence-corrected chi connectivity index (χ0v) is 15.9. The van der Waals surface area contributed by atoms with Gasteiger partial charge in [-0.15, -0.1) is 0 Å². The minimum absolute atomic E-state index is 0.128. The van der Waals surface area contributed by atoms with Gasteiger partial charge in [0.1, 0.15) is 0 Å². The number of halogens is 1. The Bertz CT molecular complexity index is 783. The van der Waals surface area contributed by atoms with Gasteiger partial charge in [0.05, 0.1) is 11.6 Å². The minimum atomic E-state index is -2.16. The summed E-state index contributed by atoms with van der Waals surface area (Å²) in [5.41, 5.74) is -0.128. The summed E-state index contributed by atoms with van der Waals surface area (Å²) in [6.07, 6.45) is 0. The van der Waals surface area contributed by atoms with Gasteiger partial charge in [-0.25, -0.2) is 4.79 Å². The Morgan fingerprint density at radius 2 is 1.96 bits per heavy atom. The summed E-state index contributed by atoms with van der Waals surface area (Å²) >= 11 is 6.22. The molecule has 0 amide bonds. The van der Waals surface area contributed by atoms with E-state index in [1.807, 2.05) is 51.1 Å². The lowest BCUT2D eigenvalue weighted by atomic mass is 9.99. The van der Waals surface area contributed by atoms with Crippen molar-refractivity contribution in [3.63, 3.8) is 0 Å². The van der Waals surface area contributed by atoms with E-state index in [2.05, 4.69) is 4.74 Å². The van der Waals surface area contributed by atoms with Crippen LogP contribution in [-0.2, 0) is 9.53 Å². The smallest absolute Gasteiger partial charge is 0.334 e. The molecule has 2 atom stereocenters. The van der Waals surface area contributed by atoms with Crippen LogP contribution in [0.3, 0.4) is 0 Å². The predicted molar refractivity (Wildman–Crippen MR) is 97.8 cm³/mol. The van der Waals surface area contributed by atoms with Gasteiger partial charge in [0, 0.05) is 5.39 Å². The maximum atomic E-state index is 12.7. The highest BCUT2D eigenvalue weighted by Crippen LogP contribution is 2.28. The Morgan fingerprint density at radius 3 is 2.62 bits per heavy atom. The number of carbonyl (C=O) groups excluding carboxylic acids is 1. The molecular weight excluding hydrogens is 345 g/mol. The van der Waals surface area contributed by atoms with Crippen molar-refractivity contribution < 1.29 is 14.4 Å². The number of benzene rings is 2. The van der Waals surface area contributed by atoms with Gasteiger partial charge < -0.3 is 9.63 Å². The molecule has 6 heteroatoms. The number of rotatable bonds is 4. The molecular formula is C18H21ClNO3P. The molecule has 0 saturated carbocycles. The summed E-state index contributed by atoms with van der Waals surface area (Å²) in [4.78, 5) is 24.7. The number of hydrogen-bond donors (Lipinski definition) is 0. The normalized spacial score (nSPS) is 13.8. The molecule has 2 aromatic carbocycles. The standard InChI is InChI=1S/C18H21ClNO3P/c1-12(17(21)23-11-18(2,3)4)20-24(22)16-14-8-6-5-7-13(14)9-10-15(16)19/h5-10,12H,11H2,1-4H3/t12-/m0/s1. The zero-order chi connectivity index (χ0) is 17.9. The molecule has 1 unspecified atom stereocenters. The Hall–Kier alpha value is -1.48. The monoisotopic (exact) mass is 365 g/mol. The lowest BCUT2D eigenvalue weighted by molar-refractivity contribution is -0.155. The third-order valence-electron chi connectivity index (χ3n) is 3.31. The maximum Gasteiger partial charge on any atom is 0.334 e. The number of ether oxygens (including phenoxy) is 1. The van der Waals surface area contributed by atoms with E-state index in [4.69, 9.17) is 16.3 Å². The van der Waals surface area contributed by atoms with Crippen LogP contribution in [0.25, 0.3) is 10.8 Å². The molecule has 0 radical (unpaired) electrons. The number of esters is 1. The molecule has 0 saturated heterocycles. The highest BCUT2D eigenvalue weighted by atomic mass is 35.5. The van der Waals surface area contributed by atoms with Crippen molar-refractivity contribution in [2.24, 2.45) is 10.2 Å². The van der Waals surface area contributed by atoms with Gasteiger partial charge in [0.2, 0.25) is 7.94 Å². The van der Waals surface area contributed by atoms with Gasteiger partial charge in [-0.3, -0.25) is 0 Å². The van der Waals surface area contributed by atoms with Crippen LogP contribution in [0, 0.1) is 5.41 Å². The zero-order valence-electron chi connectivity index (χ0n) is 14.2. The van der Waals surface area contributed by atoms with Gasteiger partial charge in [0.15, 0.2) is 11.3 Å². The van der Waals surface area contributed by atoms with E-state index in [1.165, 1.54) is 0 Å². The maximum absolute atomic E-state index is 12.7. The molecule has 0 heterocycles. The van der Waals surface area contributed by atoms with Gasteiger partial charge in [-0.1, -0.05) is 61.4 Å². The average molecular weight is 366 g/mol. The molecule has 0 fully saturated rings. The van der Waals surface area contributed by atoms with Crippen molar-refractivity contribution in [3.8, 4) is 0 Å². The Kier molecular flexibility index (Phi) is 5.97. The first kappa shape index (κ1) is 18.9. The van der Waals surface area contributed by atoms with E-state index in [-0.39, 0.29) is 12.0 Å². The summed E-state index contributed by atoms with van der Waals surface area (Å²) in [5.74, 6) is -0.482. The van der Waals surface area contributed by atoms with Crippen molar-refractivity contribution in [3.05, 3.63) is 41.4 Å². The summed E-state index contributed by atoms with van der Waals surface area (Å²) in [6.45, 7) is 7.78. The van der Waals surface area contributed by atoms with Crippen LogP contribution >= 0.6 is 19.5 Å². The second-order valence-electron chi connectivity index (χ2n) is 6.85. The first-order valence-corrected chi connectivity index (χ1v) is 9.30. The average Bonchev–Trinajstić information content (AvgIpc) is 2.51. The van der Waals surface area contributed by atoms with Gasteiger partial charge in [-0.05, 0) is 29.9 Å². The lowest BCUT2D eigenvalue weighted by Crippen LogP contribution is -2.24. The fourth-order valence-electron chi connectivity index (χ4n) is 2.09. The van der Waals surface area contributed by atoms with Gasteiger partial charge in [-0.2, -0.15) is 0 Å². The summed E-state index contributed by atoms with van der Waals surface area (Å²) in [7, 11) is -2.16. The first-order chi connectivity index (χ1) is 11.2. The summed E-state index contributed by atoms with van der Waals surface area (Å²) in [5, 5.41) is 2.55. The molecule has 0 aliphatic carbocycles. The SMILES string of the molecule is C[C@H](N=[P+]([O-])c1c(Cl)ccc2ccccc12)C(=O)OCC(C)(C)C. The van der Waals surface area contributed by atoms with E-state index < -0.39 is 20.0 Å². The van der Waals surface area contributed by atoms with Crippen LogP contribution < -0.4 is 10.2 Å². The van der Waals surface area contributed by atoms with Crippen LogP contribution in [0.5, 0.6) is 0 Å². The van der Waals surface area contributed by atoms with Crippen LogP contribution in [0.4, 0.5) is 0 Å². The number of hydrogen-bond acceptors (Lipinski definition) is 4. The largest absolute Gasteiger partial charge is 0.607 e. The third-order valence-corrected chi connectivity index (χ3v) is 5.18. The summed E-state index contributed by atoms with van der Waals surface area (Å²) < 4.78 is 9.34. The van der Waals surface area contributed by atoms with Gasteiger partial charge >= 0.3 is 5.97 Å². The third kappa shape index (κ3) is 4.76. The molecule has 0 bridgehead atoms. The van der Waals surface area contributed by atoms with E-state index >= 15 is 0 Å². The van der Waals surface area contributed by atoms with Crippen molar-refractivity contribution in [1.82, 2.24) is 0 Å². The number of carbonyl (C=O) groups is 1. The molecule has 0 aliphatic heterocycles. The topological polar surface area (TPSA) is 61.7 Å². The predicted octanol–water partition coefficient (Wildman–Crippen LogP) is 4.04. The van der Waals surface area contributed by atoms with Crippen molar-refractivity contribution in [1.29, 1.82) is 0 Å². The Labute approximate surface area is 148 Å². The number of fused-ring (bicyclic) bond motifs is 1. The van der Waals surface area contributed by atoms with E-state index in [9.17, 15) is 9.69 Å². The van der Waals surface area contributed by atoms with Gasteiger partial charge in [0.25, 0.3) is 0 Å². The second-order valence-corrected chi connectivity index (χ2v) is 8.48. The molecule has 0 aliphatic rings. The molecule has 2 rings (SSSR count). The highest BCUT2D eigenvalue weighted by molar-refractivity contribution is 7.49. The minimum Gasteiger partial charge on any atom is -0.607 e. The van der Waals surface area contributed by atoms with Crippen molar-refractivity contribution in [2.45, 2.75) is 33.7 Å². The van der Waals surface area contributed by atoms with E-state index in [1.54, 1.807) is 13.0 Å². The van der Waals surface area contributed by atoms with Crippen molar-refractivity contribution >= 4 is 41.6 Å². The van der Waals surface area contributed by atoms with Crippen LogP contribution in [0.2, 0.25) is 5.02 Å². The molecule has 4 nitrogen and oxygen atoms in total. The lowest BCUT2D eigenvalue weighted by Gasteiger charge is -2.18.